The number of halogens is 2. The molecule has 0 atom stereocenters. The predicted molar refractivity (Wildman–Crippen MR) is 62.9 cm³/mol. The van der Waals surface area contributed by atoms with Crippen molar-refractivity contribution in [3.8, 4) is 0 Å². The van der Waals surface area contributed by atoms with Gasteiger partial charge in [0.15, 0.2) is 0 Å². The lowest BCUT2D eigenvalue weighted by atomic mass is 10.4. The zero-order valence-electron chi connectivity index (χ0n) is 7.98. The van der Waals surface area contributed by atoms with Crippen LogP contribution in [0.15, 0.2) is 0 Å². The van der Waals surface area contributed by atoms with Gasteiger partial charge >= 0.3 is 0 Å². The summed E-state index contributed by atoms with van der Waals surface area (Å²) in [7, 11) is 0. The topological polar surface area (TPSA) is 58.2 Å². The van der Waals surface area contributed by atoms with Gasteiger partial charge in [0, 0.05) is 13.8 Å². The van der Waals surface area contributed by atoms with Crippen LogP contribution in [0.2, 0.25) is 8.67 Å². The minimum absolute atomic E-state index is 0.280. The Morgan fingerprint density at radius 2 is 1.33 bits per heavy atom. The third kappa shape index (κ3) is 3.09. The Morgan fingerprint density at radius 1 is 1.00 bits per heavy atom. The Bertz CT molecular complexity index is 381. The van der Waals surface area contributed by atoms with E-state index in [0.29, 0.717) is 20.0 Å². The zero-order chi connectivity index (χ0) is 11.6. The van der Waals surface area contributed by atoms with Crippen LogP contribution in [0.5, 0.6) is 0 Å². The van der Waals surface area contributed by atoms with Crippen molar-refractivity contribution in [3.05, 3.63) is 8.67 Å². The summed E-state index contributed by atoms with van der Waals surface area (Å²) in [6.07, 6.45) is 0. The van der Waals surface area contributed by atoms with E-state index in [4.69, 9.17) is 23.2 Å². The average molecular weight is 267 g/mol. The molecule has 0 aliphatic carbocycles. The number of amides is 2. The molecule has 1 aromatic rings. The summed E-state index contributed by atoms with van der Waals surface area (Å²) in [5.41, 5.74) is 0.684. The molecule has 1 heterocycles. The van der Waals surface area contributed by atoms with E-state index >= 15 is 0 Å². The predicted octanol–water partition coefficient (Wildman–Crippen LogP) is 2.97. The minimum Gasteiger partial charge on any atom is -0.323 e. The van der Waals surface area contributed by atoms with Gasteiger partial charge in [0.1, 0.15) is 8.67 Å². The molecule has 0 saturated carbocycles. The van der Waals surface area contributed by atoms with Gasteiger partial charge in [-0.1, -0.05) is 23.2 Å². The summed E-state index contributed by atoms with van der Waals surface area (Å²) in [6.45, 7) is 2.69. The molecular weight excluding hydrogens is 259 g/mol. The molecule has 0 aliphatic heterocycles. The fraction of sp³-hybridized carbons (Fsp3) is 0.250. The fourth-order valence-electron chi connectivity index (χ4n) is 0.953. The van der Waals surface area contributed by atoms with E-state index in [1.165, 1.54) is 13.8 Å². The molecule has 0 radical (unpaired) electrons. The number of rotatable bonds is 2. The smallest absolute Gasteiger partial charge is 0.221 e. The van der Waals surface area contributed by atoms with Crippen LogP contribution in [-0.2, 0) is 9.59 Å². The lowest BCUT2D eigenvalue weighted by Gasteiger charge is -2.05. The van der Waals surface area contributed by atoms with Crippen LogP contribution in [-0.4, -0.2) is 11.8 Å². The number of thiophene rings is 1. The molecule has 0 saturated heterocycles. The molecule has 0 spiro atoms. The van der Waals surface area contributed by atoms with Gasteiger partial charge in [0.25, 0.3) is 0 Å². The number of hydrogen-bond donors (Lipinski definition) is 2. The van der Waals surface area contributed by atoms with Crippen LogP contribution in [0.1, 0.15) is 13.8 Å². The Kier molecular flexibility index (Phi) is 3.96. The molecule has 2 amide bonds. The van der Waals surface area contributed by atoms with E-state index in [9.17, 15) is 9.59 Å². The van der Waals surface area contributed by atoms with Crippen molar-refractivity contribution in [2.75, 3.05) is 10.6 Å². The molecule has 0 aliphatic rings. The van der Waals surface area contributed by atoms with E-state index in [2.05, 4.69) is 10.6 Å². The highest BCUT2D eigenvalue weighted by Crippen LogP contribution is 2.44. The normalized spacial score (nSPS) is 9.87. The summed E-state index contributed by atoms with van der Waals surface area (Å²) in [6, 6.07) is 0. The van der Waals surface area contributed by atoms with Crippen molar-refractivity contribution in [3.63, 3.8) is 0 Å². The van der Waals surface area contributed by atoms with Crippen LogP contribution in [0.3, 0.4) is 0 Å². The maximum atomic E-state index is 10.9. The Balaban J connectivity index is 3.10. The number of nitrogens with one attached hydrogen (secondary N) is 2. The second kappa shape index (κ2) is 4.83. The highest BCUT2D eigenvalue weighted by atomic mass is 35.5. The number of anilines is 2. The quantitative estimate of drug-likeness (QED) is 0.865. The lowest BCUT2D eigenvalue weighted by Crippen LogP contribution is -2.11. The van der Waals surface area contributed by atoms with E-state index < -0.39 is 0 Å². The fourth-order valence-corrected chi connectivity index (χ4v) is 2.49. The Hall–Kier alpha value is -0.780. The van der Waals surface area contributed by atoms with Crippen LogP contribution in [0.4, 0.5) is 11.4 Å². The Morgan fingerprint density at radius 3 is 1.60 bits per heavy atom. The summed E-state index contributed by atoms with van der Waals surface area (Å²) in [5, 5.41) is 5.02. The first-order valence-corrected chi connectivity index (χ1v) is 5.52. The van der Waals surface area contributed by atoms with Gasteiger partial charge < -0.3 is 10.6 Å². The maximum absolute atomic E-state index is 10.9. The molecule has 1 aromatic heterocycles. The molecular formula is C8H8Cl2N2O2S. The van der Waals surface area contributed by atoms with Gasteiger partial charge in [-0.2, -0.15) is 0 Å². The van der Waals surface area contributed by atoms with Crippen LogP contribution in [0, 0.1) is 0 Å². The molecule has 0 aromatic carbocycles. The monoisotopic (exact) mass is 266 g/mol. The van der Waals surface area contributed by atoms with E-state index in [1.54, 1.807) is 0 Å². The van der Waals surface area contributed by atoms with Crippen molar-refractivity contribution < 1.29 is 9.59 Å². The second-order valence-corrected chi connectivity index (χ2v) is 4.99. The SMILES string of the molecule is CC(=O)Nc1c(Cl)sc(Cl)c1NC(C)=O. The summed E-state index contributed by atoms with van der Waals surface area (Å²) < 4.78 is 0.665. The molecule has 0 unspecified atom stereocenters. The minimum atomic E-state index is -0.280. The average Bonchev–Trinajstić information content (AvgIpc) is 2.30. The summed E-state index contributed by atoms with van der Waals surface area (Å²) in [5.74, 6) is -0.559. The standard InChI is InChI=1S/C8H8Cl2N2O2S/c1-3(13)11-5-6(12-4(2)14)8(10)15-7(5)9/h1-2H3,(H,11,13)(H,12,14). The number of hydrogen-bond acceptors (Lipinski definition) is 3. The first kappa shape index (κ1) is 12.3. The van der Waals surface area contributed by atoms with Crippen LogP contribution in [0.25, 0.3) is 0 Å². The molecule has 4 nitrogen and oxygen atoms in total. The van der Waals surface area contributed by atoms with Gasteiger partial charge in [-0.25, -0.2) is 0 Å². The molecule has 7 heteroatoms. The third-order valence-electron chi connectivity index (χ3n) is 1.42. The van der Waals surface area contributed by atoms with Crippen molar-refractivity contribution in [1.82, 2.24) is 0 Å². The maximum Gasteiger partial charge on any atom is 0.221 e. The molecule has 0 bridgehead atoms. The zero-order valence-corrected chi connectivity index (χ0v) is 10.3. The van der Waals surface area contributed by atoms with E-state index in [1.807, 2.05) is 0 Å². The number of carbonyl (C=O) groups is 2. The van der Waals surface area contributed by atoms with Crippen molar-refractivity contribution in [2.45, 2.75) is 13.8 Å². The lowest BCUT2D eigenvalue weighted by molar-refractivity contribution is -0.115. The van der Waals surface area contributed by atoms with Crippen LogP contribution >= 0.6 is 34.5 Å². The number of carbonyl (C=O) groups excluding carboxylic acids is 2. The van der Waals surface area contributed by atoms with Gasteiger partial charge in [-0.3, -0.25) is 9.59 Å². The third-order valence-corrected chi connectivity index (χ3v) is 3.03. The molecule has 2 N–H and O–H groups in total. The van der Waals surface area contributed by atoms with Gasteiger partial charge in [0.05, 0.1) is 11.4 Å². The van der Waals surface area contributed by atoms with Gasteiger partial charge in [-0.05, 0) is 0 Å². The van der Waals surface area contributed by atoms with Gasteiger partial charge in [0.2, 0.25) is 11.8 Å². The van der Waals surface area contributed by atoms with E-state index in [-0.39, 0.29) is 11.8 Å². The molecule has 82 valence electrons. The molecule has 1 rings (SSSR count). The van der Waals surface area contributed by atoms with Crippen molar-refractivity contribution in [1.29, 1.82) is 0 Å². The summed E-state index contributed by atoms with van der Waals surface area (Å²) in [4.78, 5) is 21.8. The highest BCUT2D eigenvalue weighted by molar-refractivity contribution is 7.21. The highest BCUT2D eigenvalue weighted by Gasteiger charge is 2.17. The largest absolute Gasteiger partial charge is 0.323 e. The molecule has 15 heavy (non-hydrogen) atoms. The van der Waals surface area contributed by atoms with Crippen molar-refractivity contribution >= 4 is 57.7 Å². The second-order valence-electron chi connectivity index (χ2n) is 2.76. The first-order valence-electron chi connectivity index (χ1n) is 3.94. The van der Waals surface area contributed by atoms with E-state index in [0.717, 1.165) is 11.3 Å². The summed E-state index contributed by atoms with van der Waals surface area (Å²) >= 11 is 12.8. The first-order chi connectivity index (χ1) is 6.91. The molecule has 0 fully saturated rings. The van der Waals surface area contributed by atoms with Crippen LogP contribution < -0.4 is 10.6 Å². The Labute approximate surface area is 101 Å². The van der Waals surface area contributed by atoms with Gasteiger partial charge in [-0.15, -0.1) is 11.3 Å². The van der Waals surface area contributed by atoms with Crippen molar-refractivity contribution in [2.24, 2.45) is 0 Å².